The third kappa shape index (κ3) is 3.24. The Morgan fingerprint density at radius 1 is 1.30 bits per heavy atom. The van der Waals surface area contributed by atoms with Crippen LogP contribution in [0.5, 0.6) is 0 Å². The Morgan fingerprint density at radius 3 is 2.83 bits per heavy atom. The Kier molecular flexibility index (Phi) is 4.39. The Labute approximate surface area is 137 Å². The lowest BCUT2D eigenvalue weighted by Crippen LogP contribution is -2.32. The molecule has 1 aromatic carbocycles. The zero-order valence-corrected chi connectivity index (χ0v) is 14.5. The van der Waals surface area contributed by atoms with Crippen LogP contribution in [0.3, 0.4) is 0 Å². The molecule has 1 aromatic heterocycles. The van der Waals surface area contributed by atoms with Crippen molar-refractivity contribution in [3.05, 3.63) is 51.2 Å². The molecule has 0 aliphatic carbocycles. The first kappa shape index (κ1) is 16.0. The van der Waals surface area contributed by atoms with Crippen LogP contribution in [0, 0.1) is 13.8 Å². The Hall–Kier alpha value is -1.88. The average Bonchev–Trinajstić information content (AvgIpc) is 2.68. The summed E-state index contributed by atoms with van der Waals surface area (Å²) in [6.45, 7) is 6.04. The maximum atomic E-state index is 12.1. The third-order valence-corrected chi connectivity index (χ3v) is 5.01. The van der Waals surface area contributed by atoms with Gasteiger partial charge in [-0.1, -0.05) is 23.8 Å². The van der Waals surface area contributed by atoms with Crippen LogP contribution in [0.4, 0.5) is 0 Å². The molecule has 5 nitrogen and oxygen atoms in total. The van der Waals surface area contributed by atoms with E-state index in [2.05, 4.69) is 49.1 Å². The highest BCUT2D eigenvalue weighted by molar-refractivity contribution is 5.30. The van der Waals surface area contributed by atoms with Crippen LogP contribution in [0.25, 0.3) is 0 Å². The van der Waals surface area contributed by atoms with Gasteiger partial charge < -0.3 is 0 Å². The minimum Gasteiger partial charge on any atom is -0.299 e. The molecule has 0 amide bonds. The van der Waals surface area contributed by atoms with E-state index in [-0.39, 0.29) is 5.69 Å². The van der Waals surface area contributed by atoms with Crippen molar-refractivity contribution >= 4 is 0 Å². The van der Waals surface area contributed by atoms with Crippen LogP contribution >= 0.6 is 0 Å². The normalized spacial score (nSPS) is 18.0. The molecule has 2 heterocycles. The van der Waals surface area contributed by atoms with Crippen molar-refractivity contribution in [2.24, 2.45) is 7.05 Å². The number of rotatable bonds is 3. The number of benzene rings is 1. The SMILES string of the molecule is Cc1ccc(CN(C)C2CCc3nn(C)c(=O)n3CC2)c(C)c1. The summed E-state index contributed by atoms with van der Waals surface area (Å²) in [6.07, 6.45) is 2.93. The Bertz CT molecular complexity index is 759. The smallest absolute Gasteiger partial charge is 0.299 e. The second kappa shape index (κ2) is 6.32. The van der Waals surface area contributed by atoms with E-state index in [1.807, 2.05) is 4.57 Å². The quantitative estimate of drug-likeness (QED) is 0.871. The molecule has 0 spiro atoms. The first-order valence-electron chi connectivity index (χ1n) is 8.35. The molecule has 0 saturated heterocycles. The maximum Gasteiger partial charge on any atom is 0.345 e. The molecule has 3 rings (SSSR count). The van der Waals surface area contributed by atoms with Crippen molar-refractivity contribution < 1.29 is 0 Å². The van der Waals surface area contributed by atoms with E-state index in [1.54, 1.807) is 7.05 Å². The lowest BCUT2D eigenvalue weighted by Gasteiger charge is -2.27. The second-order valence-electron chi connectivity index (χ2n) is 6.80. The maximum absolute atomic E-state index is 12.1. The molecule has 2 aromatic rings. The van der Waals surface area contributed by atoms with Gasteiger partial charge in [0.2, 0.25) is 0 Å². The molecule has 0 saturated carbocycles. The van der Waals surface area contributed by atoms with E-state index in [4.69, 9.17) is 0 Å². The number of hydrogen-bond donors (Lipinski definition) is 0. The van der Waals surface area contributed by atoms with Crippen molar-refractivity contribution in [2.75, 3.05) is 7.05 Å². The van der Waals surface area contributed by atoms with Gasteiger partial charge in [0.25, 0.3) is 0 Å². The lowest BCUT2D eigenvalue weighted by molar-refractivity contribution is 0.209. The van der Waals surface area contributed by atoms with E-state index in [0.29, 0.717) is 6.04 Å². The van der Waals surface area contributed by atoms with Crippen molar-refractivity contribution in [3.8, 4) is 0 Å². The summed E-state index contributed by atoms with van der Waals surface area (Å²) in [7, 11) is 3.92. The fourth-order valence-corrected chi connectivity index (χ4v) is 3.54. The zero-order chi connectivity index (χ0) is 16.6. The molecule has 0 N–H and O–H groups in total. The summed E-state index contributed by atoms with van der Waals surface area (Å²) in [4.78, 5) is 14.5. The van der Waals surface area contributed by atoms with Crippen LogP contribution in [-0.4, -0.2) is 32.3 Å². The summed E-state index contributed by atoms with van der Waals surface area (Å²) in [5.74, 6) is 0.930. The lowest BCUT2D eigenvalue weighted by atomic mass is 10.0. The predicted molar refractivity (Wildman–Crippen MR) is 91.6 cm³/mol. The van der Waals surface area contributed by atoms with Crippen LogP contribution in [0.2, 0.25) is 0 Å². The molecule has 0 radical (unpaired) electrons. The highest BCUT2D eigenvalue weighted by Crippen LogP contribution is 2.20. The van der Waals surface area contributed by atoms with E-state index >= 15 is 0 Å². The summed E-state index contributed by atoms with van der Waals surface area (Å²) in [6, 6.07) is 7.15. The van der Waals surface area contributed by atoms with Gasteiger partial charge in [-0.3, -0.25) is 9.47 Å². The van der Waals surface area contributed by atoms with Crippen LogP contribution in [-0.2, 0) is 26.6 Å². The standard InChI is InChI=1S/C18H26N4O/c1-13-5-6-15(14(2)11-13)12-20(3)16-7-8-17-19-21(4)18(23)22(17)10-9-16/h5-6,11,16H,7-10,12H2,1-4H3. The summed E-state index contributed by atoms with van der Waals surface area (Å²) < 4.78 is 3.29. The molecule has 1 atom stereocenters. The number of fused-ring (bicyclic) bond motifs is 1. The molecular formula is C18H26N4O. The molecule has 1 aliphatic rings. The molecule has 1 aliphatic heterocycles. The van der Waals surface area contributed by atoms with E-state index in [0.717, 1.165) is 38.2 Å². The van der Waals surface area contributed by atoms with Crippen LogP contribution in [0.1, 0.15) is 35.4 Å². The van der Waals surface area contributed by atoms with Crippen molar-refractivity contribution in [3.63, 3.8) is 0 Å². The van der Waals surface area contributed by atoms with Gasteiger partial charge in [0, 0.05) is 32.6 Å². The van der Waals surface area contributed by atoms with Gasteiger partial charge in [0.15, 0.2) is 0 Å². The minimum absolute atomic E-state index is 0.0117. The van der Waals surface area contributed by atoms with Crippen LogP contribution in [0.15, 0.2) is 23.0 Å². The van der Waals surface area contributed by atoms with E-state index < -0.39 is 0 Å². The fourth-order valence-electron chi connectivity index (χ4n) is 3.54. The highest BCUT2D eigenvalue weighted by atomic mass is 16.2. The number of aryl methyl sites for hydroxylation is 4. The molecule has 5 heteroatoms. The molecule has 0 fully saturated rings. The summed E-state index contributed by atoms with van der Waals surface area (Å²) >= 11 is 0. The van der Waals surface area contributed by atoms with Crippen molar-refractivity contribution in [1.29, 1.82) is 0 Å². The van der Waals surface area contributed by atoms with Gasteiger partial charge in [-0.15, -0.1) is 0 Å². The average molecular weight is 314 g/mol. The van der Waals surface area contributed by atoms with E-state index in [9.17, 15) is 4.79 Å². The van der Waals surface area contributed by atoms with Gasteiger partial charge >= 0.3 is 5.69 Å². The minimum atomic E-state index is 0.0117. The van der Waals surface area contributed by atoms with Gasteiger partial charge in [0.1, 0.15) is 5.82 Å². The van der Waals surface area contributed by atoms with Crippen LogP contribution < -0.4 is 5.69 Å². The fraction of sp³-hybridized carbons (Fsp3) is 0.556. The van der Waals surface area contributed by atoms with E-state index in [1.165, 1.54) is 21.4 Å². The molecule has 23 heavy (non-hydrogen) atoms. The van der Waals surface area contributed by atoms with Crippen molar-refractivity contribution in [2.45, 2.75) is 52.2 Å². The zero-order valence-electron chi connectivity index (χ0n) is 14.5. The largest absolute Gasteiger partial charge is 0.345 e. The Morgan fingerprint density at radius 2 is 2.09 bits per heavy atom. The molecule has 1 unspecified atom stereocenters. The summed E-state index contributed by atoms with van der Waals surface area (Å²) in [5, 5.41) is 4.36. The second-order valence-corrected chi connectivity index (χ2v) is 6.80. The first-order chi connectivity index (χ1) is 11.0. The van der Waals surface area contributed by atoms with Gasteiger partial charge in [-0.25, -0.2) is 9.48 Å². The first-order valence-corrected chi connectivity index (χ1v) is 8.35. The van der Waals surface area contributed by atoms with Crippen molar-refractivity contribution in [1.82, 2.24) is 19.2 Å². The van der Waals surface area contributed by atoms with Gasteiger partial charge in [-0.2, -0.15) is 5.10 Å². The summed E-state index contributed by atoms with van der Waals surface area (Å²) in [5.41, 5.74) is 4.06. The topological polar surface area (TPSA) is 43.1 Å². The molecular weight excluding hydrogens is 288 g/mol. The number of aromatic nitrogens is 3. The van der Waals surface area contributed by atoms with Gasteiger partial charge in [-0.05, 0) is 44.9 Å². The number of hydrogen-bond acceptors (Lipinski definition) is 3. The monoisotopic (exact) mass is 314 g/mol. The Balaban J connectivity index is 1.69. The predicted octanol–water partition coefficient (Wildman–Crippen LogP) is 2.04. The molecule has 124 valence electrons. The highest BCUT2D eigenvalue weighted by Gasteiger charge is 2.23. The number of nitrogens with zero attached hydrogens (tertiary/aromatic N) is 4. The van der Waals surface area contributed by atoms with Gasteiger partial charge in [0.05, 0.1) is 0 Å². The third-order valence-electron chi connectivity index (χ3n) is 5.01. The molecule has 0 bridgehead atoms.